The monoisotopic (exact) mass is 308 g/mol. The molecule has 0 saturated heterocycles. The van der Waals surface area contributed by atoms with E-state index in [2.05, 4.69) is 4.74 Å². The Morgan fingerprint density at radius 2 is 1.30 bits per heavy atom. The number of ether oxygens (including phenoxy) is 1. The lowest BCUT2D eigenvalue weighted by molar-refractivity contribution is -0.316. The van der Waals surface area contributed by atoms with Crippen molar-refractivity contribution in [2.75, 3.05) is 0 Å². The van der Waals surface area contributed by atoms with Crippen molar-refractivity contribution in [1.82, 2.24) is 0 Å². The van der Waals surface area contributed by atoms with E-state index in [9.17, 15) is 31.1 Å². The zero-order chi connectivity index (χ0) is 16.6. The fourth-order valence-corrected chi connectivity index (χ4v) is 1.54. The van der Waals surface area contributed by atoms with Gasteiger partial charge in [0.25, 0.3) is 6.10 Å². The Balaban J connectivity index is 5.42. The molecule has 0 amide bonds. The second-order valence-corrected chi connectivity index (χ2v) is 5.80. The molecule has 0 aliphatic heterocycles. The predicted molar refractivity (Wildman–Crippen MR) is 59.8 cm³/mol. The zero-order valence-electron chi connectivity index (χ0n) is 11.9. The van der Waals surface area contributed by atoms with Gasteiger partial charge < -0.3 is 4.74 Å². The Labute approximate surface area is 113 Å². The van der Waals surface area contributed by atoms with E-state index in [1.165, 1.54) is 13.8 Å². The average molecular weight is 308 g/mol. The number of carbonyl (C=O) groups excluding carboxylic acids is 1. The third-order valence-corrected chi connectivity index (χ3v) is 3.63. The molecule has 0 saturated carbocycles. The van der Waals surface area contributed by atoms with Gasteiger partial charge in [-0.15, -0.1) is 0 Å². The molecule has 0 N–H and O–H groups in total. The number of esters is 1. The molecule has 0 aromatic rings. The summed E-state index contributed by atoms with van der Waals surface area (Å²) in [6, 6.07) is 0. The SMILES string of the molecule is CCC(C)(C(=O)OC(C(F)(F)F)C(F)(F)F)C(C)(C)C. The highest BCUT2D eigenvalue weighted by molar-refractivity contribution is 5.77. The maximum absolute atomic E-state index is 12.4. The third-order valence-electron chi connectivity index (χ3n) is 3.63. The van der Waals surface area contributed by atoms with Crippen LogP contribution >= 0.6 is 0 Å². The largest absolute Gasteiger partial charge is 0.442 e. The molecule has 0 aromatic heterocycles. The lowest BCUT2D eigenvalue weighted by Gasteiger charge is -2.40. The van der Waals surface area contributed by atoms with Gasteiger partial charge in [-0.05, 0) is 18.8 Å². The first kappa shape index (κ1) is 19.1. The molecule has 8 heteroatoms. The Morgan fingerprint density at radius 1 is 0.950 bits per heavy atom. The topological polar surface area (TPSA) is 26.3 Å². The van der Waals surface area contributed by atoms with Gasteiger partial charge in [-0.1, -0.05) is 27.7 Å². The van der Waals surface area contributed by atoms with Gasteiger partial charge in [0.1, 0.15) is 0 Å². The normalized spacial score (nSPS) is 17.0. The van der Waals surface area contributed by atoms with Gasteiger partial charge in [-0.3, -0.25) is 4.79 Å². The zero-order valence-corrected chi connectivity index (χ0v) is 11.9. The molecule has 0 rings (SSSR count). The van der Waals surface area contributed by atoms with Crippen molar-refractivity contribution in [3.05, 3.63) is 0 Å². The third kappa shape index (κ3) is 4.02. The maximum Gasteiger partial charge on any atom is 0.434 e. The van der Waals surface area contributed by atoms with Crippen LogP contribution in [0.4, 0.5) is 26.3 Å². The molecule has 1 atom stereocenters. The van der Waals surface area contributed by atoms with Gasteiger partial charge in [0.05, 0.1) is 5.41 Å². The van der Waals surface area contributed by atoms with Gasteiger partial charge >= 0.3 is 18.3 Å². The van der Waals surface area contributed by atoms with E-state index in [1.807, 2.05) is 0 Å². The van der Waals surface area contributed by atoms with E-state index >= 15 is 0 Å². The summed E-state index contributed by atoms with van der Waals surface area (Å²) in [4.78, 5) is 11.8. The number of rotatable bonds is 3. The molecule has 0 radical (unpaired) electrons. The fourth-order valence-electron chi connectivity index (χ4n) is 1.54. The van der Waals surface area contributed by atoms with Crippen LogP contribution < -0.4 is 0 Å². The highest BCUT2D eigenvalue weighted by Crippen LogP contribution is 2.44. The first-order valence-corrected chi connectivity index (χ1v) is 5.92. The van der Waals surface area contributed by atoms with E-state index in [-0.39, 0.29) is 6.42 Å². The van der Waals surface area contributed by atoms with Crippen LogP contribution in [0.25, 0.3) is 0 Å². The van der Waals surface area contributed by atoms with E-state index in [4.69, 9.17) is 0 Å². The van der Waals surface area contributed by atoms with Crippen molar-refractivity contribution in [1.29, 1.82) is 0 Å². The van der Waals surface area contributed by atoms with E-state index < -0.39 is 35.3 Å². The van der Waals surface area contributed by atoms with Gasteiger partial charge in [-0.2, -0.15) is 26.3 Å². The Kier molecular flexibility index (Phi) is 5.18. The summed E-state index contributed by atoms with van der Waals surface area (Å²) in [5.41, 5.74) is -2.30. The highest BCUT2D eigenvalue weighted by Gasteiger charge is 2.61. The van der Waals surface area contributed by atoms with E-state index in [0.717, 1.165) is 0 Å². The van der Waals surface area contributed by atoms with Crippen molar-refractivity contribution in [3.8, 4) is 0 Å². The van der Waals surface area contributed by atoms with Crippen LogP contribution in [-0.2, 0) is 9.53 Å². The Morgan fingerprint density at radius 3 is 1.50 bits per heavy atom. The molecule has 1 unspecified atom stereocenters. The average Bonchev–Trinajstić information content (AvgIpc) is 2.19. The standard InChI is InChI=1S/C12H18F6O2/c1-6-10(5,9(2,3)4)8(19)20-7(11(13,14)15)12(16,17)18/h7H,6H2,1-5H3. The lowest BCUT2D eigenvalue weighted by atomic mass is 9.66. The first-order valence-electron chi connectivity index (χ1n) is 5.92. The van der Waals surface area contributed by atoms with Crippen molar-refractivity contribution >= 4 is 5.97 Å². The van der Waals surface area contributed by atoms with Gasteiger partial charge in [-0.25, -0.2) is 0 Å². The van der Waals surface area contributed by atoms with E-state index in [1.54, 1.807) is 20.8 Å². The van der Waals surface area contributed by atoms with Crippen molar-refractivity contribution in [3.63, 3.8) is 0 Å². The van der Waals surface area contributed by atoms with Crippen molar-refractivity contribution < 1.29 is 35.9 Å². The molecular formula is C12H18F6O2. The summed E-state index contributed by atoms with van der Waals surface area (Å²) in [6.07, 6.45) is -15.4. The highest BCUT2D eigenvalue weighted by atomic mass is 19.4. The van der Waals surface area contributed by atoms with Gasteiger partial charge in [0.15, 0.2) is 0 Å². The van der Waals surface area contributed by atoms with Crippen LogP contribution in [0.3, 0.4) is 0 Å². The maximum atomic E-state index is 12.4. The Bertz CT molecular complexity index is 338. The van der Waals surface area contributed by atoms with Crippen LogP contribution in [0.1, 0.15) is 41.0 Å². The summed E-state index contributed by atoms with van der Waals surface area (Å²) in [5.74, 6) is -1.51. The summed E-state index contributed by atoms with van der Waals surface area (Å²) < 4.78 is 78.0. The smallest absolute Gasteiger partial charge is 0.434 e. The molecule has 0 spiro atoms. The molecule has 0 aliphatic rings. The second-order valence-electron chi connectivity index (χ2n) is 5.80. The van der Waals surface area contributed by atoms with E-state index in [0.29, 0.717) is 0 Å². The predicted octanol–water partition coefficient (Wildman–Crippen LogP) is 4.49. The quantitative estimate of drug-likeness (QED) is 0.567. The van der Waals surface area contributed by atoms with Gasteiger partial charge in [0, 0.05) is 0 Å². The minimum absolute atomic E-state index is 0.0533. The van der Waals surface area contributed by atoms with Crippen LogP contribution in [-0.4, -0.2) is 24.4 Å². The molecular weight excluding hydrogens is 290 g/mol. The van der Waals surface area contributed by atoms with Crippen LogP contribution in [0.5, 0.6) is 0 Å². The van der Waals surface area contributed by atoms with Crippen molar-refractivity contribution in [2.24, 2.45) is 10.8 Å². The summed E-state index contributed by atoms with van der Waals surface area (Å²) in [6.45, 7) is 7.44. The van der Waals surface area contributed by atoms with Gasteiger partial charge in [0.2, 0.25) is 0 Å². The summed E-state index contributed by atoms with van der Waals surface area (Å²) >= 11 is 0. The number of hydrogen-bond donors (Lipinski definition) is 0. The number of hydrogen-bond acceptors (Lipinski definition) is 2. The molecule has 20 heavy (non-hydrogen) atoms. The number of carbonyl (C=O) groups is 1. The molecule has 0 bridgehead atoms. The first-order chi connectivity index (χ1) is 8.57. The Hall–Kier alpha value is -0.950. The number of alkyl halides is 6. The van der Waals surface area contributed by atoms with Crippen LogP contribution in [0.2, 0.25) is 0 Å². The minimum Gasteiger partial charge on any atom is -0.442 e. The molecule has 0 aliphatic carbocycles. The summed E-state index contributed by atoms with van der Waals surface area (Å²) in [5, 5.41) is 0. The molecule has 120 valence electrons. The summed E-state index contributed by atoms with van der Waals surface area (Å²) in [7, 11) is 0. The van der Waals surface area contributed by atoms with Crippen LogP contribution in [0.15, 0.2) is 0 Å². The number of halogens is 6. The molecule has 2 nitrogen and oxygen atoms in total. The molecule has 0 fully saturated rings. The minimum atomic E-state index is -5.69. The molecule has 0 heterocycles. The van der Waals surface area contributed by atoms with Crippen LogP contribution in [0, 0.1) is 10.8 Å². The molecule has 0 aromatic carbocycles. The second kappa shape index (κ2) is 5.44. The van der Waals surface area contributed by atoms with Crippen molar-refractivity contribution in [2.45, 2.75) is 59.5 Å². The fraction of sp³-hybridized carbons (Fsp3) is 0.917. The lowest BCUT2D eigenvalue weighted by Crippen LogP contribution is -2.50.